The van der Waals surface area contributed by atoms with Crippen LogP contribution >= 0.6 is 0 Å². The zero-order chi connectivity index (χ0) is 19.5. The van der Waals surface area contributed by atoms with Crippen molar-refractivity contribution in [3.63, 3.8) is 0 Å². The third-order valence-electron chi connectivity index (χ3n) is 5.56. The van der Waals surface area contributed by atoms with Gasteiger partial charge in [-0.25, -0.2) is 0 Å². The van der Waals surface area contributed by atoms with Crippen molar-refractivity contribution in [2.75, 3.05) is 37.6 Å². The second-order valence-corrected chi connectivity index (χ2v) is 7.70. The number of aromatic nitrogens is 1. The number of fused-ring (bicyclic) bond motifs is 1. The fourth-order valence-electron chi connectivity index (χ4n) is 4.14. The fraction of sp³-hybridized carbons (Fsp3) is 0.476. The second-order valence-electron chi connectivity index (χ2n) is 7.70. The summed E-state index contributed by atoms with van der Waals surface area (Å²) in [7, 11) is 0. The summed E-state index contributed by atoms with van der Waals surface area (Å²) in [6.07, 6.45) is 3.01. The second kappa shape index (κ2) is 8.14. The van der Waals surface area contributed by atoms with Crippen LogP contribution in [0.2, 0.25) is 0 Å². The Morgan fingerprint density at radius 2 is 2.14 bits per heavy atom. The molecule has 1 N–H and O–H groups in total. The summed E-state index contributed by atoms with van der Waals surface area (Å²) in [6.45, 7) is 5.29. The maximum absolute atomic E-state index is 12.8. The molecular formula is C21H26N4O3. The maximum atomic E-state index is 12.8. The highest BCUT2D eigenvalue weighted by Crippen LogP contribution is 2.27. The van der Waals surface area contributed by atoms with Gasteiger partial charge in [-0.3, -0.25) is 14.5 Å². The third kappa shape index (κ3) is 4.09. The van der Waals surface area contributed by atoms with Crippen LogP contribution in [0, 0.1) is 12.8 Å². The quantitative estimate of drug-likeness (QED) is 0.856. The zero-order valence-electron chi connectivity index (χ0n) is 16.2. The van der Waals surface area contributed by atoms with Crippen LogP contribution < -0.4 is 10.2 Å². The number of benzene rings is 1. The van der Waals surface area contributed by atoms with Crippen molar-refractivity contribution in [1.29, 1.82) is 0 Å². The van der Waals surface area contributed by atoms with Crippen LogP contribution in [0.5, 0.6) is 0 Å². The lowest BCUT2D eigenvalue weighted by atomic mass is 9.98. The molecule has 2 aliphatic rings. The van der Waals surface area contributed by atoms with Gasteiger partial charge in [0.1, 0.15) is 5.76 Å². The van der Waals surface area contributed by atoms with E-state index in [1.54, 1.807) is 13.0 Å². The highest BCUT2D eigenvalue weighted by Gasteiger charge is 2.28. The minimum absolute atomic E-state index is 0.160. The lowest BCUT2D eigenvalue weighted by Gasteiger charge is -2.33. The number of rotatable bonds is 5. The van der Waals surface area contributed by atoms with Crippen molar-refractivity contribution in [2.45, 2.75) is 26.2 Å². The zero-order valence-corrected chi connectivity index (χ0v) is 16.2. The van der Waals surface area contributed by atoms with Gasteiger partial charge in [-0.1, -0.05) is 23.4 Å². The molecule has 2 aliphatic heterocycles. The molecule has 2 amide bonds. The van der Waals surface area contributed by atoms with Crippen LogP contribution in [-0.4, -0.2) is 54.6 Å². The minimum Gasteiger partial charge on any atom is -0.361 e. The summed E-state index contributed by atoms with van der Waals surface area (Å²) < 4.78 is 4.95. The molecule has 1 fully saturated rings. The van der Waals surface area contributed by atoms with Crippen molar-refractivity contribution in [3.05, 3.63) is 47.3 Å². The molecule has 0 bridgehead atoms. The highest BCUT2D eigenvalue weighted by molar-refractivity contribution is 5.96. The first-order chi connectivity index (χ1) is 13.6. The van der Waals surface area contributed by atoms with E-state index in [-0.39, 0.29) is 11.8 Å². The summed E-state index contributed by atoms with van der Waals surface area (Å²) in [5.41, 5.74) is 2.61. The molecular weight excluding hydrogens is 356 g/mol. The first-order valence-corrected chi connectivity index (χ1v) is 9.92. The standard InChI is InChI=1S/C21H26N4O3/c1-15-11-18(23-28-15)21(27)22-12-16-5-4-9-24(13-16)14-20(26)25-10-8-17-6-2-3-7-19(17)25/h2-3,6-7,11,16H,4-5,8-10,12-14H2,1H3,(H,22,27). The Balaban J connectivity index is 1.28. The summed E-state index contributed by atoms with van der Waals surface area (Å²) >= 11 is 0. The Bertz CT molecular complexity index is 863. The van der Waals surface area contributed by atoms with Gasteiger partial charge in [0.05, 0.1) is 6.54 Å². The Morgan fingerprint density at radius 3 is 2.96 bits per heavy atom. The molecule has 0 spiro atoms. The number of carbonyl (C=O) groups excluding carboxylic acids is 2. The molecule has 28 heavy (non-hydrogen) atoms. The molecule has 2 aromatic rings. The number of carbonyl (C=O) groups is 2. The molecule has 7 nitrogen and oxygen atoms in total. The molecule has 3 heterocycles. The average molecular weight is 382 g/mol. The molecule has 0 aliphatic carbocycles. The van der Waals surface area contributed by atoms with E-state index in [2.05, 4.69) is 21.4 Å². The molecule has 1 saturated heterocycles. The van der Waals surface area contributed by atoms with Crippen LogP contribution in [0.4, 0.5) is 5.69 Å². The molecule has 0 saturated carbocycles. The maximum Gasteiger partial charge on any atom is 0.273 e. The number of piperidine rings is 1. The molecule has 1 unspecified atom stereocenters. The number of para-hydroxylation sites is 1. The van der Waals surface area contributed by atoms with Crippen LogP contribution in [-0.2, 0) is 11.2 Å². The summed E-state index contributed by atoms with van der Waals surface area (Å²) in [4.78, 5) is 29.1. The Kier molecular flexibility index (Phi) is 5.43. The van der Waals surface area contributed by atoms with Gasteiger partial charge >= 0.3 is 0 Å². The van der Waals surface area contributed by atoms with Gasteiger partial charge in [-0.15, -0.1) is 0 Å². The van der Waals surface area contributed by atoms with Gasteiger partial charge in [-0.05, 0) is 50.3 Å². The first-order valence-electron chi connectivity index (χ1n) is 9.92. The van der Waals surface area contributed by atoms with Gasteiger partial charge in [0.2, 0.25) is 5.91 Å². The first kappa shape index (κ1) is 18.7. The van der Waals surface area contributed by atoms with Crippen LogP contribution in [0.1, 0.15) is 34.7 Å². The van der Waals surface area contributed by atoms with E-state index in [1.807, 2.05) is 23.1 Å². The van der Waals surface area contributed by atoms with Gasteiger partial charge in [0.15, 0.2) is 5.69 Å². The van der Waals surface area contributed by atoms with Crippen molar-refractivity contribution in [3.8, 4) is 0 Å². The third-order valence-corrected chi connectivity index (χ3v) is 5.56. The number of nitrogens with zero attached hydrogens (tertiary/aromatic N) is 3. The summed E-state index contributed by atoms with van der Waals surface area (Å²) in [5, 5.41) is 6.69. The van der Waals surface area contributed by atoms with E-state index in [1.165, 1.54) is 5.56 Å². The van der Waals surface area contributed by atoms with Gasteiger partial charge < -0.3 is 14.7 Å². The molecule has 1 aromatic heterocycles. The smallest absolute Gasteiger partial charge is 0.273 e. The predicted octanol–water partition coefficient (Wildman–Crippen LogP) is 2.01. The Hall–Kier alpha value is -2.67. The van der Waals surface area contributed by atoms with E-state index in [0.717, 1.165) is 44.6 Å². The largest absolute Gasteiger partial charge is 0.361 e. The molecule has 1 atom stereocenters. The Morgan fingerprint density at radius 1 is 1.29 bits per heavy atom. The average Bonchev–Trinajstić information content (AvgIpc) is 3.33. The minimum atomic E-state index is -0.210. The van der Waals surface area contributed by atoms with Crippen molar-refractivity contribution >= 4 is 17.5 Å². The van der Waals surface area contributed by atoms with E-state index in [9.17, 15) is 9.59 Å². The predicted molar refractivity (Wildman–Crippen MR) is 105 cm³/mol. The molecule has 1 aromatic carbocycles. The van der Waals surface area contributed by atoms with E-state index in [4.69, 9.17) is 4.52 Å². The fourth-order valence-corrected chi connectivity index (χ4v) is 4.14. The van der Waals surface area contributed by atoms with Crippen molar-refractivity contribution in [1.82, 2.24) is 15.4 Å². The van der Waals surface area contributed by atoms with Gasteiger partial charge in [-0.2, -0.15) is 0 Å². The van der Waals surface area contributed by atoms with Crippen LogP contribution in [0.3, 0.4) is 0 Å². The topological polar surface area (TPSA) is 78.7 Å². The van der Waals surface area contributed by atoms with E-state index >= 15 is 0 Å². The SMILES string of the molecule is Cc1cc(C(=O)NCC2CCCN(CC(=O)N3CCc4ccccc43)C2)no1. The lowest BCUT2D eigenvalue weighted by Crippen LogP contribution is -2.46. The van der Waals surface area contributed by atoms with Gasteiger partial charge in [0.25, 0.3) is 5.91 Å². The monoisotopic (exact) mass is 382 g/mol. The van der Waals surface area contributed by atoms with Crippen LogP contribution in [0.15, 0.2) is 34.9 Å². The lowest BCUT2D eigenvalue weighted by molar-refractivity contribution is -0.120. The number of hydrogen-bond acceptors (Lipinski definition) is 5. The molecule has 0 radical (unpaired) electrons. The van der Waals surface area contributed by atoms with Crippen molar-refractivity contribution in [2.24, 2.45) is 5.92 Å². The molecule has 4 rings (SSSR count). The number of aryl methyl sites for hydroxylation is 1. The highest BCUT2D eigenvalue weighted by atomic mass is 16.5. The molecule has 148 valence electrons. The van der Waals surface area contributed by atoms with E-state index in [0.29, 0.717) is 30.5 Å². The summed E-state index contributed by atoms with van der Waals surface area (Å²) in [5.74, 6) is 0.909. The molecule has 7 heteroatoms. The van der Waals surface area contributed by atoms with Gasteiger partial charge in [0, 0.05) is 31.4 Å². The van der Waals surface area contributed by atoms with Crippen LogP contribution in [0.25, 0.3) is 0 Å². The van der Waals surface area contributed by atoms with Crippen molar-refractivity contribution < 1.29 is 14.1 Å². The number of anilines is 1. The number of nitrogens with one attached hydrogen (secondary N) is 1. The number of hydrogen-bond donors (Lipinski definition) is 1. The summed E-state index contributed by atoms with van der Waals surface area (Å²) in [6, 6.07) is 9.77. The number of likely N-dealkylation sites (tertiary alicyclic amines) is 1. The normalized spacial score (nSPS) is 19.5. The van der Waals surface area contributed by atoms with E-state index < -0.39 is 0 Å². The number of amides is 2. The Labute approximate surface area is 164 Å².